The number of aromatic nitrogens is 1. The summed E-state index contributed by atoms with van der Waals surface area (Å²) in [6.07, 6.45) is 1.93. The van der Waals surface area contributed by atoms with E-state index < -0.39 is 0 Å². The van der Waals surface area contributed by atoms with Crippen molar-refractivity contribution in [2.75, 3.05) is 33.1 Å². The van der Waals surface area contributed by atoms with Gasteiger partial charge in [-0.2, -0.15) is 0 Å². The van der Waals surface area contributed by atoms with E-state index in [1.54, 1.807) is 17.4 Å². The van der Waals surface area contributed by atoms with Crippen LogP contribution in [0.25, 0.3) is 11.3 Å². The molecule has 3 aliphatic rings. The summed E-state index contributed by atoms with van der Waals surface area (Å²) >= 11 is 1.69. The third-order valence-electron chi connectivity index (χ3n) is 6.46. The fraction of sp³-hybridized carbons (Fsp3) is 0.375. The van der Waals surface area contributed by atoms with Crippen LogP contribution < -0.4 is 18.9 Å². The molecule has 9 nitrogen and oxygen atoms in total. The molecule has 1 aromatic heterocycles. The van der Waals surface area contributed by atoms with Crippen molar-refractivity contribution in [1.82, 2.24) is 9.88 Å². The van der Waals surface area contributed by atoms with Crippen molar-refractivity contribution in [3.05, 3.63) is 56.4 Å². The second-order valence-electron chi connectivity index (χ2n) is 8.57. The third kappa shape index (κ3) is 4.03. The van der Waals surface area contributed by atoms with Crippen LogP contribution in [0, 0.1) is 10.1 Å². The Labute approximate surface area is 200 Å². The minimum atomic E-state index is -0.348. The molecule has 0 aliphatic carbocycles. The van der Waals surface area contributed by atoms with Gasteiger partial charge in [-0.05, 0) is 50.2 Å². The van der Waals surface area contributed by atoms with Gasteiger partial charge < -0.3 is 18.9 Å². The molecular weight excluding hydrogens is 458 g/mol. The Kier molecular flexibility index (Phi) is 5.46. The summed E-state index contributed by atoms with van der Waals surface area (Å²) in [5, 5.41) is 14.8. The Balaban J connectivity index is 1.12. The molecule has 1 saturated heterocycles. The number of piperidine rings is 1. The molecule has 176 valence electrons. The monoisotopic (exact) mass is 481 g/mol. The molecule has 3 aromatic rings. The minimum Gasteiger partial charge on any atom is -0.486 e. The predicted octanol–water partition coefficient (Wildman–Crippen LogP) is 4.60. The number of likely N-dealkylation sites (tertiary alicyclic amines) is 1. The van der Waals surface area contributed by atoms with Crippen molar-refractivity contribution < 1.29 is 23.9 Å². The lowest BCUT2D eigenvalue weighted by Gasteiger charge is -2.31. The molecule has 4 heterocycles. The number of thiazole rings is 1. The summed E-state index contributed by atoms with van der Waals surface area (Å²) in [4.78, 5) is 18.4. The van der Waals surface area contributed by atoms with E-state index in [-0.39, 0.29) is 17.4 Å². The maximum atomic E-state index is 11.6. The van der Waals surface area contributed by atoms with Gasteiger partial charge in [0.05, 0.1) is 21.7 Å². The molecule has 34 heavy (non-hydrogen) atoms. The smallest absolute Gasteiger partial charge is 0.277 e. The number of fused-ring (bicyclic) bond motifs is 2. The normalized spacial score (nSPS) is 17.6. The summed E-state index contributed by atoms with van der Waals surface area (Å²) in [5.41, 5.74) is 2.72. The van der Waals surface area contributed by atoms with E-state index >= 15 is 0 Å². The minimum absolute atomic E-state index is 0.0790. The Morgan fingerprint density at radius 2 is 1.74 bits per heavy atom. The van der Waals surface area contributed by atoms with Crippen molar-refractivity contribution in [2.45, 2.75) is 25.3 Å². The summed E-state index contributed by atoms with van der Waals surface area (Å²) in [6, 6.07) is 9.17. The molecule has 10 heteroatoms. The number of hydrogen-bond donors (Lipinski definition) is 0. The first-order chi connectivity index (χ1) is 16.6. The highest BCUT2D eigenvalue weighted by atomic mass is 32.1. The topological polar surface area (TPSA) is 96.2 Å². The van der Waals surface area contributed by atoms with Crippen LogP contribution in [0.5, 0.6) is 23.0 Å². The number of ether oxygens (including phenoxy) is 4. The predicted molar refractivity (Wildman–Crippen MR) is 125 cm³/mol. The second kappa shape index (κ2) is 8.77. The lowest BCUT2D eigenvalue weighted by atomic mass is 9.97. The van der Waals surface area contributed by atoms with Gasteiger partial charge in [0, 0.05) is 29.0 Å². The first-order valence-electron chi connectivity index (χ1n) is 11.3. The van der Waals surface area contributed by atoms with Gasteiger partial charge >= 0.3 is 0 Å². The largest absolute Gasteiger partial charge is 0.486 e. The summed E-state index contributed by atoms with van der Waals surface area (Å²) in [5.74, 6) is 2.94. The summed E-state index contributed by atoms with van der Waals surface area (Å²) < 4.78 is 22.0. The van der Waals surface area contributed by atoms with Gasteiger partial charge in [-0.1, -0.05) is 0 Å². The van der Waals surface area contributed by atoms with E-state index in [1.165, 1.54) is 6.07 Å². The maximum absolute atomic E-state index is 11.6. The van der Waals surface area contributed by atoms with Gasteiger partial charge in [0.15, 0.2) is 23.0 Å². The zero-order chi connectivity index (χ0) is 23.1. The number of nitro groups is 1. The van der Waals surface area contributed by atoms with Crippen LogP contribution >= 0.6 is 11.3 Å². The first kappa shape index (κ1) is 21.2. The van der Waals surface area contributed by atoms with E-state index in [4.69, 9.17) is 23.9 Å². The molecule has 6 rings (SSSR count). The van der Waals surface area contributed by atoms with Gasteiger partial charge in [0.25, 0.3) is 5.69 Å². The highest BCUT2D eigenvalue weighted by Gasteiger charge is 2.28. The Morgan fingerprint density at radius 3 is 2.53 bits per heavy atom. The molecule has 0 radical (unpaired) electrons. The van der Waals surface area contributed by atoms with E-state index in [1.807, 2.05) is 18.2 Å². The van der Waals surface area contributed by atoms with E-state index in [0.717, 1.165) is 53.7 Å². The molecule has 0 bridgehead atoms. The molecule has 3 aliphatic heterocycles. The standard InChI is InChI=1S/C24H23N3O6S/c28-27(29)19-11-23-22(32-14-33-23)10-17(19)12-26-5-3-15(4-6-26)24-25-18(13-34-24)16-1-2-20-21(9-16)31-8-7-30-20/h1-2,9-11,13,15H,3-8,12,14H2. The van der Waals surface area contributed by atoms with Crippen LogP contribution in [0.2, 0.25) is 0 Å². The molecule has 0 saturated carbocycles. The van der Waals surface area contributed by atoms with Crippen LogP contribution in [0.4, 0.5) is 5.69 Å². The fourth-order valence-corrected chi connectivity index (χ4v) is 5.66. The van der Waals surface area contributed by atoms with Crippen molar-refractivity contribution in [1.29, 1.82) is 0 Å². The van der Waals surface area contributed by atoms with Crippen LogP contribution in [0.15, 0.2) is 35.7 Å². The van der Waals surface area contributed by atoms with Gasteiger partial charge in [0.2, 0.25) is 6.79 Å². The molecule has 1 fully saturated rings. The molecule has 0 amide bonds. The Bertz CT molecular complexity index is 1240. The SMILES string of the molecule is O=[N+]([O-])c1cc2c(cc1CN1CCC(c3nc(-c4ccc5c(c4)OCCO5)cs3)CC1)OCO2. The van der Waals surface area contributed by atoms with Gasteiger partial charge in [-0.15, -0.1) is 11.3 Å². The average Bonchev–Trinajstić information content (AvgIpc) is 3.53. The summed E-state index contributed by atoms with van der Waals surface area (Å²) in [7, 11) is 0. The van der Waals surface area contributed by atoms with E-state index in [2.05, 4.69) is 10.3 Å². The average molecular weight is 482 g/mol. The number of hydrogen-bond acceptors (Lipinski definition) is 9. The van der Waals surface area contributed by atoms with E-state index in [9.17, 15) is 10.1 Å². The first-order valence-corrected chi connectivity index (χ1v) is 12.2. The van der Waals surface area contributed by atoms with Crippen LogP contribution in [0.3, 0.4) is 0 Å². The number of rotatable bonds is 5. The van der Waals surface area contributed by atoms with Crippen LogP contribution in [-0.4, -0.2) is 47.9 Å². The van der Waals surface area contributed by atoms with Crippen molar-refractivity contribution in [3.63, 3.8) is 0 Å². The zero-order valence-corrected chi connectivity index (χ0v) is 19.2. The highest BCUT2D eigenvalue weighted by molar-refractivity contribution is 7.10. The lowest BCUT2D eigenvalue weighted by molar-refractivity contribution is -0.385. The Hall–Kier alpha value is -3.37. The highest BCUT2D eigenvalue weighted by Crippen LogP contribution is 2.40. The number of nitrogens with zero attached hydrogens (tertiary/aromatic N) is 3. The van der Waals surface area contributed by atoms with E-state index in [0.29, 0.717) is 42.7 Å². The zero-order valence-electron chi connectivity index (χ0n) is 18.4. The molecule has 2 aromatic carbocycles. The Morgan fingerprint density at radius 1 is 1.00 bits per heavy atom. The van der Waals surface area contributed by atoms with Crippen molar-refractivity contribution in [2.24, 2.45) is 0 Å². The molecule has 0 spiro atoms. The molecular formula is C24H23N3O6S. The van der Waals surface area contributed by atoms with Crippen molar-refractivity contribution >= 4 is 17.0 Å². The lowest BCUT2D eigenvalue weighted by Crippen LogP contribution is -2.32. The summed E-state index contributed by atoms with van der Waals surface area (Å²) in [6.45, 7) is 3.47. The molecule has 0 N–H and O–H groups in total. The third-order valence-corrected chi connectivity index (χ3v) is 7.47. The number of benzene rings is 2. The van der Waals surface area contributed by atoms with Gasteiger partial charge in [-0.3, -0.25) is 15.0 Å². The molecule has 0 unspecified atom stereocenters. The van der Waals surface area contributed by atoms with Crippen LogP contribution in [-0.2, 0) is 6.54 Å². The fourth-order valence-electron chi connectivity index (χ4n) is 4.66. The van der Waals surface area contributed by atoms with Crippen LogP contribution in [0.1, 0.15) is 29.3 Å². The van der Waals surface area contributed by atoms with Crippen molar-refractivity contribution in [3.8, 4) is 34.3 Å². The molecule has 0 atom stereocenters. The maximum Gasteiger partial charge on any atom is 0.277 e. The quantitative estimate of drug-likeness (QED) is 0.385. The number of nitro benzene ring substituents is 1. The second-order valence-corrected chi connectivity index (χ2v) is 9.46. The van der Waals surface area contributed by atoms with Gasteiger partial charge in [0.1, 0.15) is 13.2 Å². The van der Waals surface area contributed by atoms with Gasteiger partial charge in [-0.25, -0.2) is 4.98 Å².